The third kappa shape index (κ3) is 5.10. The number of aliphatic hydroxyl groups excluding tert-OH is 1. The number of rotatable bonds is 6. The first-order valence-corrected chi connectivity index (χ1v) is 12.3. The number of nitrogens with one attached hydrogen (secondary N) is 1. The van der Waals surface area contributed by atoms with Crippen LogP contribution in [0.15, 0.2) is 48.8 Å². The standard InChI is InChI=1S/C27H29FN6O3/c1-37-22-11-10-18(28)12-21(22)27(36)30-14-16-6-8-17(9-7-16)24-23-25(29)31-15-32-26(23)34(33-24)19-4-2-3-5-20(35)13-19/h6-12,15,19-20,35H,2-5,13-14H2,1H3,(H,30,36)(H2,29,31,32). The van der Waals surface area contributed by atoms with Crippen LogP contribution in [0.5, 0.6) is 5.75 Å². The summed E-state index contributed by atoms with van der Waals surface area (Å²) in [5, 5.41) is 18.7. The third-order valence-corrected chi connectivity index (χ3v) is 6.82. The lowest BCUT2D eigenvalue weighted by Crippen LogP contribution is -2.23. The number of nitrogen functional groups attached to an aromatic ring is 1. The monoisotopic (exact) mass is 504 g/mol. The first-order valence-electron chi connectivity index (χ1n) is 12.3. The van der Waals surface area contributed by atoms with Gasteiger partial charge in [-0.2, -0.15) is 5.10 Å². The topological polar surface area (TPSA) is 128 Å². The van der Waals surface area contributed by atoms with E-state index in [1.54, 1.807) is 0 Å². The Hall–Kier alpha value is -4.05. The Kier molecular flexibility index (Phi) is 7.00. The molecule has 1 aliphatic carbocycles. The van der Waals surface area contributed by atoms with E-state index in [0.717, 1.165) is 42.9 Å². The highest BCUT2D eigenvalue weighted by atomic mass is 19.1. The fourth-order valence-electron chi connectivity index (χ4n) is 4.90. The molecule has 10 heteroatoms. The van der Waals surface area contributed by atoms with Gasteiger partial charge in [0.15, 0.2) is 5.65 Å². The molecule has 0 bridgehead atoms. The van der Waals surface area contributed by atoms with E-state index in [1.165, 1.54) is 25.6 Å². The number of aliphatic hydroxyl groups is 1. The van der Waals surface area contributed by atoms with Gasteiger partial charge in [-0.05, 0) is 43.0 Å². The molecule has 1 amide bonds. The van der Waals surface area contributed by atoms with E-state index in [4.69, 9.17) is 15.6 Å². The van der Waals surface area contributed by atoms with Gasteiger partial charge in [-0.3, -0.25) is 4.79 Å². The summed E-state index contributed by atoms with van der Waals surface area (Å²) in [6.07, 6.45) is 5.40. The SMILES string of the molecule is COc1ccc(F)cc1C(=O)NCc1ccc(-c2nn(C3CCCCC(O)C3)c3ncnc(N)c23)cc1. The van der Waals surface area contributed by atoms with Crippen LogP contribution in [-0.2, 0) is 6.54 Å². The summed E-state index contributed by atoms with van der Waals surface area (Å²) in [5.74, 6) is -0.289. The number of nitrogens with zero attached hydrogens (tertiary/aromatic N) is 4. The Balaban J connectivity index is 1.39. The number of hydrogen-bond acceptors (Lipinski definition) is 7. The second kappa shape index (κ2) is 10.5. The Labute approximate surface area is 213 Å². The summed E-state index contributed by atoms with van der Waals surface area (Å²) < 4.78 is 20.7. The second-order valence-corrected chi connectivity index (χ2v) is 9.30. The van der Waals surface area contributed by atoms with Gasteiger partial charge in [-0.25, -0.2) is 19.0 Å². The van der Waals surface area contributed by atoms with Gasteiger partial charge in [0.05, 0.1) is 30.2 Å². The normalized spacial score (nSPS) is 17.9. The van der Waals surface area contributed by atoms with Crippen molar-refractivity contribution in [1.29, 1.82) is 0 Å². The zero-order valence-electron chi connectivity index (χ0n) is 20.5. The number of carbonyl (C=O) groups is 1. The fourth-order valence-corrected chi connectivity index (χ4v) is 4.90. The summed E-state index contributed by atoms with van der Waals surface area (Å²) in [6.45, 7) is 0.249. The zero-order chi connectivity index (χ0) is 25.9. The lowest BCUT2D eigenvalue weighted by molar-refractivity contribution is 0.0947. The Morgan fingerprint density at radius 3 is 2.76 bits per heavy atom. The first kappa shape index (κ1) is 24.6. The van der Waals surface area contributed by atoms with Gasteiger partial charge in [0.2, 0.25) is 0 Å². The molecule has 2 heterocycles. The van der Waals surface area contributed by atoms with Crippen molar-refractivity contribution in [2.45, 2.75) is 50.8 Å². The van der Waals surface area contributed by atoms with Crippen LogP contribution in [0.1, 0.15) is 54.1 Å². The number of anilines is 1. The van der Waals surface area contributed by atoms with E-state index in [9.17, 15) is 14.3 Å². The molecule has 0 aliphatic heterocycles. The minimum absolute atomic E-state index is 0.0253. The van der Waals surface area contributed by atoms with Gasteiger partial charge in [0, 0.05) is 12.1 Å². The predicted molar refractivity (Wildman–Crippen MR) is 137 cm³/mol. The van der Waals surface area contributed by atoms with Crippen LogP contribution in [0.4, 0.5) is 10.2 Å². The second-order valence-electron chi connectivity index (χ2n) is 9.30. The molecule has 4 N–H and O–H groups in total. The molecule has 0 radical (unpaired) electrons. The molecule has 1 saturated carbocycles. The molecule has 2 aromatic heterocycles. The van der Waals surface area contributed by atoms with Crippen LogP contribution >= 0.6 is 0 Å². The van der Waals surface area contributed by atoms with Gasteiger partial charge >= 0.3 is 0 Å². The van der Waals surface area contributed by atoms with Crippen LogP contribution in [0, 0.1) is 5.82 Å². The number of aromatic nitrogens is 4. The third-order valence-electron chi connectivity index (χ3n) is 6.82. The molecule has 2 atom stereocenters. The van der Waals surface area contributed by atoms with E-state index >= 15 is 0 Å². The molecule has 0 saturated heterocycles. The van der Waals surface area contributed by atoms with Crippen molar-refractivity contribution in [2.24, 2.45) is 0 Å². The van der Waals surface area contributed by atoms with Gasteiger partial charge < -0.3 is 20.9 Å². The summed E-state index contributed by atoms with van der Waals surface area (Å²) in [7, 11) is 1.43. The van der Waals surface area contributed by atoms with Crippen molar-refractivity contribution in [1.82, 2.24) is 25.1 Å². The molecule has 9 nitrogen and oxygen atoms in total. The van der Waals surface area contributed by atoms with Crippen molar-refractivity contribution in [3.05, 3.63) is 65.7 Å². The number of halogens is 1. The van der Waals surface area contributed by atoms with E-state index in [2.05, 4.69) is 15.3 Å². The van der Waals surface area contributed by atoms with Crippen molar-refractivity contribution in [2.75, 3.05) is 12.8 Å². The molecular weight excluding hydrogens is 475 g/mol. The van der Waals surface area contributed by atoms with E-state index in [0.29, 0.717) is 34.7 Å². The van der Waals surface area contributed by atoms with Crippen molar-refractivity contribution in [3.63, 3.8) is 0 Å². The molecule has 1 fully saturated rings. The average molecular weight is 505 g/mol. The maximum atomic E-state index is 13.6. The van der Waals surface area contributed by atoms with E-state index in [-0.39, 0.29) is 24.3 Å². The molecule has 5 rings (SSSR count). The van der Waals surface area contributed by atoms with Gasteiger partial charge in [0.25, 0.3) is 5.91 Å². The number of carbonyl (C=O) groups excluding carboxylic acids is 1. The summed E-state index contributed by atoms with van der Waals surface area (Å²) in [4.78, 5) is 21.3. The molecule has 0 spiro atoms. The number of benzene rings is 2. The summed E-state index contributed by atoms with van der Waals surface area (Å²) in [6, 6.07) is 11.4. The van der Waals surface area contributed by atoms with Crippen LogP contribution < -0.4 is 15.8 Å². The highest BCUT2D eigenvalue weighted by Crippen LogP contribution is 2.35. The molecule has 2 unspecified atom stereocenters. The van der Waals surface area contributed by atoms with E-state index < -0.39 is 11.7 Å². The van der Waals surface area contributed by atoms with Crippen LogP contribution in [0.25, 0.3) is 22.3 Å². The van der Waals surface area contributed by atoms with Gasteiger partial charge in [-0.15, -0.1) is 0 Å². The number of fused-ring (bicyclic) bond motifs is 1. The molecular formula is C27H29FN6O3. The summed E-state index contributed by atoms with van der Waals surface area (Å²) in [5.41, 5.74) is 9.41. The molecule has 192 valence electrons. The number of amides is 1. The van der Waals surface area contributed by atoms with Crippen molar-refractivity contribution < 1.29 is 19.0 Å². The largest absolute Gasteiger partial charge is 0.496 e. The van der Waals surface area contributed by atoms with Crippen molar-refractivity contribution in [3.8, 4) is 17.0 Å². The Morgan fingerprint density at radius 1 is 1.19 bits per heavy atom. The van der Waals surface area contributed by atoms with Crippen LogP contribution in [-0.4, -0.2) is 44.0 Å². The molecule has 2 aromatic carbocycles. The summed E-state index contributed by atoms with van der Waals surface area (Å²) >= 11 is 0. The zero-order valence-corrected chi connectivity index (χ0v) is 20.5. The lowest BCUT2D eigenvalue weighted by Gasteiger charge is -2.17. The Morgan fingerprint density at radius 2 is 1.97 bits per heavy atom. The smallest absolute Gasteiger partial charge is 0.255 e. The number of nitrogens with two attached hydrogens (primary N) is 1. The number of hydrogen-bond donors (Lipinski definition) is 3. The van der Waals surface area contributed by atoms with Gasteiger partial charge in [0.1, 0.15) is 29.4 Å². The number of ether oxygens (including phenoxy) is 1. The minimum Gasteiger partial charge on any atom is -0.496 e. The molecule has 37 heavy (non-hydrogen) atoms. The first-order chi connectivity index (χ1) is 17.9. The van der Waals surface area contributed by atoms with Crippen molar-refractivity contribution >= 4 is 22.8 Å². The van der Waals surface area contributed by atoms with Crippen LogP contribution in [0.2, 0.25) is 0 Å². The number of methoxy groups -OCH3 is 1. The maximum Gasteiger partial charge on any atom is 0.255 e. The van der Waals surface area contributed by atoms with Gasteiger partial charge in [-0.1, -0.05) is 37.1 Å². The maximum absolute atomic E-state index is 13.6. The fraction of sp³-hybridized carbons (Fsp3) is 0.333. The molecule has 4 aromatic rings. The quantitative estimate of drug-likeness (QED) is 0.338. The predicted octanol–water partition coefficient (Wildman–Crippen LogP) is 4.02. The molecule has 1 aliphatic rings. The minimum atomic E-state index is -0.511. The highest BCUT2D eigenvalue weighted by molar-refractivity contribution is 5.98. The van der Waals surface area contributed by atoms with E-state index in [1.807, 2.05) is 28.9 Å². The average Bonchev–Trinajstić information content (AvgIpc) is 3.17. The highest BCUT2D eigenvalue weighted by Gasteiger charge is 2.25. The Bertz CT molecular complexity index is 1420. The lowest BCUT2D eigenvalue weighted by atomic mass is 10.1. The van der Waals surface area contributed by atoms with Crippen LogP contribution in [0.3, 0.4) is 0 Å².